The van der Waals surface area contributed by atoms with Crippen LogP contribution in [0.15, 0.2) is 6.20 Å². The highest BCUT2D eigenvalue weighted by molar-refractivity contribution is 5.01. The molecule has 0 saturated heterocycles. The first-order valence-corrected chi connectivity index (χ1v) is 3.98. The van der Waals surface area contributed by atoms with Crippen LogP contribution < -0.4 is 0 Å². The Morgan fingerprint density at radius 2 is 2.42 bits per heavy atom. The molecule has 1 aromatic rings. The fourth-order valence-electron chi connectivity index (χ4n) is 0.996. The minimum Gasteiger partial charge on any atom is -0.248 e. The van der Waals surface area contributed by atoms with E-state index in [1.165, 1.54) is 0 Å². The third kappa shape index (κ3) is 2.06. The number of nitrogens with zero attached hydrogens (tertiary/aromatic N) is 4. The minimum atomic E-state index is 0.389. The van der Waals surface area contributed by atoms with E-state index in [1.807, 2.05) is 0 Å². The van der Waals surface area contributed by atoms with E-state index in [0.29, 0.717) is 12.3 Å². The Morgan fingerprint density at radius 3 is 3.00 bits per heavy atom. The van der Waals surface area contributed by atoms with Crippen molar-refractivity contribution in [3.8, 4) is 6.07 Å². The number of hydrogen-bond acceptors (Lipinski definition) is 3. The van der Waals surface area contributed by atoms with Gasteiger partial charge in [-0.3, -0.25) is 0 Å². The van der Waals surface area contributed by atoms with Gasteiger partial charge in [0.05, 0.1) is 24.4 Å². The zero-order valence-electron chi connectivity index (χ0n) is 7.36. The van der Waals surface area contributed by atoms with Gasteiger partial charge in [0, 0.05) is 6.54 Å². The summed E-state index contributed by atoms with van der Waals surface area (Å²) in [4.78, 5) is 0. The van der Waals surface area contributed by atoms with Crippen LogP contribution in [0.3, 0.4) is 0 Å². The molecule has 0 radical (unpaired) electrons. The largest absolute Gasteiger partial charge is 0.248 e. The van der Waals surface area contributed by atoms with Crippen molar-refractivity contribution in [2.45, 2.75) is 26.8 Å². The van der Waals surface area contributed by atoms with Crippen LogP contribution in [0.5, 0.6) is 0 Å². The molecule has 12 heavy (non-hydrogen) atoms. The molecule has 1 aromatic heterocycles. The highest BCUT2D eigenvalue weighted by Crippen LogP contribution is 2.02. The van der Waals surface area contributed by atoms with E-state index >= 15 is 0 Å². The van der Waals surface area contributed by atoms with Gasteiger partial charge in [0.15, 0.2) is 0 Å². The molecule has 0 aliphatic heterocycles. The van der Waals surface area contributed by atoms with Gasteiger partial charge < -0.3 is 0 Å². The summed E-state index contributed by atoms with van der Waals surface area (Å²) in [5.74, 6) is 0.532. The predicted octanol–water partition coefficient (Wildman–Crippen LogP) is 1.00. The van der Waals surface area contributed by atoms with Gasteiger partial charge in [-0.2, -0.15) is 5.26 Å². The van der Waals surface area contributed by atoms with Crippen molar-refractivity contribution in [3.63, 3.8) is 0 Å². The predicted molar refractivity (Wildman–Crippen MR) is 44.2 cm³/mol. The molecule has 0 aromatic carbocycles. The molecule has 1 rings (SSSR count). The first-order valence-electron chi connectivity index (χ1n) is 3.98. The SMILES string of the molecule is CC(C)Cn1nncc1CC#N. The van der Waals surface area contributed by atoms with Gasteiger partial charge in [0.2, 0.25) is 0 Å². The van der Waals surface area contributed by atoms with E-state index in [4.69, 9.17) is 5.26 Å². The van der Waals surface area contributed by atoms with E-state index in [9.17, 15) is 0 Å². The maximum absolute atomic E-state index is 8.48. The fourth-order valence-corrected chi connectivity index (χ4v) is 0.996. The van der Waals surface area contributed by atoms with Crippen LogP contribution in [0.25, 0.3) is 0 Å². The molecule has 64 valence electrons. The summed E-state index contributed by atoms with van der Waals surface area (Å²) in [7, 11) is 0. The number of nitriles is 1. The van der Waals surface area contributed by atoms with Gasteiger partial charge in [-0.05, 0) is 5.92 Å². The van der Waals surface area contributed by atoms with Gasteiger partial charge in [0.1, 0.15) is 0 Å². The molecule has 0 aliphatic carbocycles. The van der Waals surface area contributed by atoms with E-state index in [-0.39, 0.29) is 0 Å². The van der Waals surface area contributed by atoms with Crippen LogP contribution in [0.1, 0.15) is 19.5 Å². The van der Waals surface area contributed by atoms with Crippen molar-refractivity contribution in [2.75, 3.05) is 0 Å². The molecule has 4 heteroatoms. The monoisotopic (exact) mass is 164 g/mol. The second-order valence-electron chi connectivity index (χ2n) is 3.14. The van der Waals surface area contributed by atoms with Gasteiger partial charge >= 0.3 is 0 Å². The van der Waals surface area contributed by atoms with Gasteiger partial charge in [-0.1, -0.05) is 19.1 Å². The smallest absolute Gasteiger partial charge is 0.0787 e. The number of aromatic nitrogens is 3. The molecule has 0 atom stereocenters. The van der Waals surface area contributed by atoms with E-state index in [1.54, 1.807) is 10.9 Å². The Hall–Kier alpha value is -1.37. The van der Waals surface area contributed by atoms with E-state index in [2.05, 4.69) is 30.2 Å². The molecule has 0 saturated carbocycles. The summed E-state index contributed by atoms with van der Waals surface area (Å²) in [6.07, 6.45) is 2.03. The molecule has 0 aliphatic rings. The topological polar surface area (TPSA) is 54.5 Å². The Bertz CT molecular complexity index is 281. The van der Waals surface area contributed by atoms with Crippen molar-refractivity contribution in [1.82, 2.24) is 15.0 Å². The molecule has 4 nitrogen and oxygen atoms in total. The summed E-state index contributed by atoms with van der Waals surface area (Å²) >= 11 is 0. The highest BCUT2D eigenvalue weighted by Gasteiger charge is 2.04. The molecular formula is C8H12N4. The average molecular weight is 164 g/mol. The number of rotatable bonds is 3. The van der Waals surface area contributed by atoms with E-state index in [0.717, 1.165) is 12.2 Å². The molecule has 0 bridgehead atoms. The van der Waals surface area contributed by atoms with Crippen LogP contribution in [-0.4, -0.2) is 15.0 Å². The molecular weight excluding hydrogens is 152 g/mol. The van der Waals surface area contributed by atoms with Gasteiger partial charge in [-0.15, -0.1) is 5.10 Å². The lowest BCUT2D eigenvalue weighted by Gasteiger charge is -2.05. The first-order chi connectivity index (χ1) is 5.74. The van der Waals surface area contributed by atoms with Crippen molar-refractivity contribution in [2.24, 2.45) is 5.92 Å². The van der Waals surface area contributed by atoms with Crippen LogP contribution in [0.4, 0.5) is 0 Å². The standard InChI is InChI=1S/C8H12N4/c1-7(2)6-12-8(3-4-9)5-10-11-12/h5,7H,3,6H2,1-2H3. The summed E-state index contributed by atoms with van der Waals surface area (Å²) in [6, 6.07) is 2.08. The highest BCUT2D eigenvalue weighted by atomic mass is 15.4. The van der Waals surface area contributed by atoms with Crippen LogP contribution in [0.2, 0.25) is 0 Å². The van der Waals surface area contributed by atoms with Crippen molar-refractivity contribution in [3.05, 3.63) is 11.9 Å². The summed E-state index contributed by atoms with van der Waals surface area (Å²) in [5, 5.41) is 16.1. The minimum absolute atomic E-state index is 0.389. The third-order valence-corrected chi connectivity index (χ3v) is 1.50. The second kappa shape index (κ2) is 3.86. The maximum Gasteiger partial charge on any atom is 0.0787 e. The lowest BCUT2D eigenvalue weighted by molar-refractivity contribution is 0.462. The quantitative estimate of drug-likeness (QED) is 0.669. The van der Waals surface area contributed by atoms with Crippen LogP contribution in [-0.2, 0) is 13.0 Å². The number of hydrogen-bond donors (Lipinski definition) is 0. The lowest BCUT2D eigenvalue weighted by Crippen LogP contribution is -2.09. The van der Waals surface area contributed by atoms with Gasteiger partial charge in [-0.25, -0.2) is 4.68 Å². The zero-order valence-corrected chi connectivity index (χ0v) is 7.36. The van der Waals surface area contributed by atoms with Crippen LogP contribution in [0, 0.1) is 17.2 Å². The fraction of sp³-hybridized carbons (Fsp3) is 0.625. The summed E-state index contributed by atoms with van der Waals surface area (Å²) in [6.45, 7) is 5.05. The molecule has 0 amide bonds. The Morgan fingerprint density at radius 1 is 1.67 bits per heavy atom. The third-order valence-electron chi connectivity index (χ3n) is 1.50. The van der Waals surface area contributed by atoms with Crippen molar-refractivity contribution in [1.29, 1.82) is 5.26 Å². The molecule has 0 fully saturated rings. The average Bonchev–Trinajstić information content (AvgIpc) is 2.37. The molecule has 0 N–H and O–H groups in total. The van der Waals surface area contributed by atoms with Gasteiger partial charge in [0.25, 0.3) is 0 Å². The molecule has 0 unspecified atom stereocenters. The van der Waals surface area contributed by atoms with E-state index < -0.39 is 0 Å². The van der Waals surface area contributed by atoms with Crippen LogP contribution >= 0.6 is 0 Å². The zero-order chi connectivity index (χ0) is 8.97. The first kappa shape index (κ1) is 8.72. The Balaban J connectivity index is 2.71. The Kier molecular flexibility index (Phi) is 2.81. The molecule has 1 heterocycles. The summed E-state index contributed by atoms with van der Waals surface area (Å²) < 4.78 is 1.79. The summed E-state index contributed by atoms with van der Waals surface area (Å²) in [5.41, 5.74) is 0.895. The Labute approximate surface area is 71.8 Å². The van der Waals surface area contributed by atoms with Crippen molar-refractivity contribution < 1.29 is 0 Å². The molecule has 0 spiro atoms. The maximum atomic E-state index is 8.48. The van der Waals surface area contributed by atoms with Crippen molar-refractivity contribution >= 4 is 0 Å². The normalized spacial score (nSPS) is 10.2. The second-order valence-corrected chi connectivity index (χ2v) is 3.14. The lowest BCUT2D eigenvalue weighted by atomic mass is 10.2.